The van der Waals surface area contributed by atoms with Gasteiger partial charge < -0.3 is 10.7 Å². The van der Waals surface area contributed by atoms with Gasteiger partial charge in [-0.15, -0.1) is 0 Å². The predicted octanol–water partition coefficient (Wildman–Crippen LogP) is 4.44. The first-order chi connectivity index (χ1) is 15.4. The van der Waals surface area contributed by atoms with Crippen molar-refractivity contribution in [2.24, 2.45) is 22.5 Å². The average Bonchev–Trinajstić information content (AvgIpc) is 3.21. The Bertz CT molecular complexity index is 1040. The molecule has 1 saturated heterocycles. The van der Waals surface area contributed by atoms with Crippen LogP contribution in [0.25, 0.3) is 5.70 Å². The summed E-state index contributed by atoms with van der Waals surface area (Å²) in [5.74, 6) is 6.62. The van der Waals surface area contributed by atoms with Gasteiger partial charge in [0.15, 0.2) is 0 Å². The molecule has 2 aromatic rings. The van der Waals surface area contributed by atoms with Crippen LogP contribution in [0.15, 0.2) is 41.2 Å². The van der Waals surface area contributed by atoms with E-state index in [0.29, 0.717) is 43.1 Å². The number of nitrogens with two attached hydrogens (primary N) is 2. The first kappa shape index (κ1) is 23.2. The molecule has 0 radical (unpaired) electrons. The zero-order valence-electron chi connectivity index (χ0n) is 17.3. The maximum Gasteiger partial charge on any atom is 0.416 e. The molecular weight excluding hydrogens is 450 g/mol. The lowest BCUT2D eigenvalue weighted by molar-refractivity contribution is -0.143. The molecule has 2 aliphatic heterocycles. The first-order valence-electron chi connectivity index (χ1n) is 10.2. The molecule has 0 aliphatic carbocycles. The Kier molecular flexibility index (Phi) is 5.91. The van der Waals surface area contributed by atoms with E-state index in [1.54, 1.807) is 6.20 Å². The zero-order valence-corrected chi connectivity index (χ0v) is 17.3. The highest BCUT2D eigenvalue weighted by molar-refractivity contribution is 5.86. The Morgan fingerprint density at radius 2 is 1.64 bits per heavy atom. The Labute approximate surface area is 185 Å². The van der Waals surface area contributed by atoms with Crippen LogP contribution in [0.1, 0.15) is 35.1 Å². The number of alkyl halides is 6. The molecule has 1 fully saturated rings. The molecule has 1 aromatic heterocycles. The van der Waals surface area contributed by atoms with Gasteiger partial charge in [-0.1, -0.05) is 0 Å². The van der Waals surface area contributed by atoms with Crippen molar-refractivity contribution in [2.75, 3.05) is 13.1 Å². The minimum Gasteiger partial charge on any atom is -0.400 e. The van der Waals surface area contributed by atoms with E-state index in [2.05, 4.69) is 9.98 Å². The molecule has 5 N–H and O–H groups in total. The predicted molar refractivity (Wildman–Crippen MR) is 111 cm³/mol. The lowest BCUT2D eigenvalue weighted by Crippen LogP contribution is -2.38. The molecule has 0 unspecified atom stereocenters. The summed E-state index contributed by atoms with van der Waals surface area (Å²) in [5, 5.41) is 1.35. The summed E-state index contributed by atoms with van der Waals surface area (Å²) in [6.07, 6.45) is -5.38. The van der Waals surface area contributed by atoms with Gasteiger partial charge in [0.2, 0.25) is 0 Å². The van der Waals surface area contributed by atoms with E-state index in [9.17, 15) is 26.3 Å². The van der Waals surface area contributed by atoms with Gasteiger partial charge in [0, 0.05) is 29.9 Å². The van der Waals surface area contributed by atoms with Crippen LogP contribution < -0.4 is 11.6 Å². The Morgan fingerprint density at radius 1 is 1.03 bits per heavy atom. The maximum absolute atomic E-state index is 13.1. The number of halogens is 6. The SMILES string of the molecule is N/C(=C1/c2cc[nH]c2N=CN1N)C1CCN(Cc2cc(C(F)(F)F)cc(C(F)(F)F)c2)CC1. The van der Waals surface area contributed by atoms with Crippen molar-refractivity contribution in [3.63, 3.8) is 0 Å². The number of H-pyrrole nitrogens is 1. The van der Waals surface area contributed by atoms with Crippen molar-refractivity contribution in [2.45, 2.75) is 31.7 Å². The summed E-state index contributed by atoms with van der Waals surface area (Å²) in [5.41, 5.74) is 5.76. The standard InChI is InChI=1S/C21H22F6N6/c22-20(23,24)14-7-12(8-15(9-14)21(25,26)27)10-32-5-2-13(3-6-32)17(28)18-16-1-4-30-19(16)31-11-33(18)29/h1,4,7-9,11,13,30H,2-3,5-6,10,28-29H2/b18-17-. The fraction of sp³-hybridized carbons (Fsp3) is 0.381. The van der Waals surface area contributed by atoms with E-state index < -0.39 is 23.5 Å². The number of nitrogens with one attached hydrogen (secondary N) is 1. The first-order valence-corrected chi connectivity index (χ1v) is 10.2. The van der Waals surface area contributed by atoms with E-state index in [-0.39, 0.29) is 24.1 Å². The summed E-state index contributed by atoms with van der Waals surface area (Å²) in [6.45, 7) is 0.914. The van der Waals surface area contributed by atoms with Crippen LogP contribution in [0.2, 0.25) is 0 Å². The monoisotopic (exact) mass is 472 g/mol. The number of aromatic amines is 1. The van der Waals surface area contributed by atoms with E-state index in [1.807, 2.05) is 11.0 Å². The third-order valence-corrected chi connectivity index (χ3v) is 5.90. The molecule has 0 spiro atoms. The minimum absolute atomic E-state index is 0.0200. The summed E-state index contributed by atoms with van der Waals surface area (Å²) in [7, 11) is 0. The molecule has 0 bridgehead atoms. The van der Waals surface area contributed by atoms with E-state index in [1.165, 1.54) is 11.3 Å². The number of piperidine rings is 1. The number of hydrazine groups is 1. The second-order valence-corrected chi connectivity index (χ2v) is 8.16. The average molecular weight is 472 g/mol. The molecule has 178 valence electrons. The number of hydrogen-bond donors (Lipinski definition) is 3. The van der Waals surface area contributed by atoms with Crippen molar-refractivity contribution < 1.29 is 26.3 Å². The highest BCUT2D eigenvalue weighted by atomic mass is 19.4. The van der Waals surface area contributed by atoms with Crippen molar-refractivity contribution in [1.29, 1.82) is 0 Å². The number of likely N-dealkylation sites (tertiary alicyclic amines) is 1. The number of fused-ring (bicyclic) bond motifs is 1. The number of allylic oxidation sites excluding steroid dienone is 1. The lowest BCUT2D eigenvalue weighted by atomic mass is 9.90. The molecule has 12 heteroatoms. The molecule has 6 nitrogen and oxygen atoms in total. The largest absolute Gasteiger partial charge is 0.416 e. The molecule has 0 amide bonds. The third kappa shape index (κ3) is 4.86. The number of benzene rings is 1. The topological polar surface area (TPSA) is 86.7 Å². The van der Waals surface area contributed by atoms with Gasteiger partial charge in [0.05, 0.1) is 16.8 Å². The normalized spacial score (nSPS) is 19.7. The minimum atomic E-state index is -4.86. The summed E-state index contributed by atoms with van der Waals surface area (Å²) in [6, 6.07) is 3.51. The Morgan fingerprint density at radius 3 is 2.21 bits per heavy atom. The quantitative estimate of drug-likeness (QED) is 0.456. The van der Waals surface area contributed by atoms with Crippen LogP contribution in [0.5, 0.6) is 0 Å². The number of aliphatic imine (C=N–C) groups is 1. The number of rotatable bonds is 3. The molecule has 33 heavy (non-hydrogen) atoms. The zero-order chi connectivity index (χ0) is 24.0. The molecule has 3 heterocycles. The van der Waals surface area contributed by atoms with Gasteiger partial charge >= 0.3 is 12.4 Å². The van der Waals surface area contributed by atoms with Crippen molar-refractivity contribution in [3.05, 3.63) is 58.4 Å². The highest BCUT2D eigenvalue weighted by Crippen LogP contribution is 2.38. The second kappa shape index (κ2) is 8.41. The van der Waals surface area contributed by atoms with Gasteiger partial charge in [0.1, 0.15) is 12.2 Å². The van der Waals surface area contributed by atoms with E-state index in [0.717, 1.165) is 17.7 Å². The van der Waals surface area contributed by atoms with Crippen LogP contribution in [0, 0.1) is 5.92 Å². The number of aromatic nitrogens is 1. The fourth-order valence-corrected chi connectivity index (χ4v) is 4.24. The van der Waals surface area contributed by atoms with Crippen LogP contribution in [-0.2, 0) is 18.9 Å². The highest BCUT2D eigenvalue weighted by Gasteiger charge is 2.37. The molecule has 2 aliphatic rings. The van der Waals surface area contributed by atoms with Crippen molar-refractivity contribution >= 4 is 17.9 Å². The molecular formula is C21H22F6N6. The smallest absolute Gasteiger partial charge is 0.400 e. The van der Waals surface area contributed by atoms with Gasteiger partial charge in [-0.2, -0.15) is 26.3 Å². The second-order valence-electron chi connectivity index (χ2n) is 8.16. The summed E-state index contributed by atoms with van der Waals surface area (Å²) >= 11 is 0. The number of nitrogens with zero attached hydrogens (tertiary/aromatic N) is 3. The molecule has 1 aromatic carbocycles. The fourth-order valence-electron chi connectivity index (χ4n) is 4.24. The van der Waals surface area contributed by atoms with Crippen LogP contribution >= 0.6 is 0 Å². The Hall–Kier alpha value is -2.99. The number of hydrogen-bond acceptors (Lipinski definition) is 5. The third-order valence-electron chi connectivity index (χ3n) is 5.90. The van der Waals surface area contributed by atoms with Crippen molar-refractivity contribution in [3.8, 4) is 0 Å². The summed E-state index contributed by atoms with van der Waals surface area (Å²) in [4.78, 5) is 9.00. The van der Waals surface area contributed by atoms with E-state index >= 15 is 0 Å². The summed E-state index contributed by atoms with van der Waals surface area (Å²) < 4.78 is 78.7. The van der Waals surface area contributed by atoms with Gasteiger partial charge in [0.25, 0.3) is 0 Å². The van der Waals surface area contributed by atoms with Gasteiger partial charge in [-0.3, -0.25) is 9.91 Å². The maximum atomic E-state index is 13.1. The molecule has 0 atom stereocenters. The van der Waals surface area contributed by atoms with Crippen molar-refractivity contribution in [1.82, 2.24) is 14.9 Å². The Balaban J connectivity index is 1.49. The van der Waals surface area contributed by atoms with Gasteiger partial charge in [-0.25, -0.2) is 10.8 Å². The van der Waals surface area contributed by atoms with Crippen LogP contribution in [0.4, 0.5) is 32.2 Å². The molecule has 0 saturated carbocycles. The van der Waals surface area contributed by atoms with Gasteiger partial charge in [-0.05, 0) is 55.8 Å². The lowest BCUT2D eigenvalue weighted by Gasteiger charge is -2.34. The van der Waals surface area contributed by atoms with Crippen LogP contribution in [-0.4, -0.2) is 34.3 Å². The van der Waals surface area contributed by atoms with E-state index in [4.69, 9.17) is 11.6 Å². The van der Waals surface area contributed by atoms with Crippen LogP contribution in [0.3, 0.4) is 0 Å². The molecule has 4 rings (SSSR count).